The molecule has 0 saturated carbocycles. The lowest BCUT2D eigenvalue weighted by Gasteiger charge is -2.09. The van der Waals surface area contributed by atoms with E-state index in [1.54, 1.807) is 6.20 Å². The molecule has 0 fully saturated rings. The molecule has 0 spiro atoms. The van der Waals surface area contributed by atoms with E-state index in [0.29, 0.717) is 6.61 Å². The van der Waals surface area contributed by atoms with Crippen molar-refractivity contribution in [2.45, 2.75) is 6.92 Å². The Bertz CT molecular complexity index is 466. The number of H-pyrrole nitrogens is 1. The van der Waals surface area contributed by atoms with Gasteiger partial charge in [0, 0.05) is 18.5 Å². The van der Waals surface area contributed by atoms with Crippen molar-refractivity contribution in [2.24, 2.45) is 0 Å². The first-order chi connectivity index (χ1) is 7.81. The molecule has 0 saturated heterocycles. The van der Waals surface area contributed by atoms with E-state index in [1.165, 1.54) is 0 Å². The minimum Gasteiger partial charge on any atom is -0.397 e. The highest BCUT2D eigenvalue weighted by Crippen LogP contribution is 2.24. The fourth-order valence-corrected chi connectivity index (χ4v) is 1.56. The summed E-state index contributed by atoms with van der Waals surface area (Å²) in [6.07, 6.45) is 1.76. The number of nitrogens with one attached hydrogen (secondary N) is 2. The van der Waals surface area contributed by atoms with Gasteiger partial charge in [0.25, 0.3) is 0 Å². The highest BCUT2D eigenvalue weighted by atomic mass is 16.5. The van der Waals surface area contributed by atoms with Crippen LogP contribution in [-0.4, -0.2) is 30.0 Å². The molecule has 0 aliphatic rings. The number of ether oxygens (including phenoxy) is 1. The van der Waals surface area contributed by atoms with Crippen molar-refractivity contribution < 1.29 is 4.74 Å². The van der Waals surface area contributed by atoms with Crippen LogP contribution in [0.15, 0.2) is 18.3 Å². The first kappa shape index (κ1) is 10.8. The maximum absolute atomic E-state index is 5.92. The molecule has 4 N–H and O–H groups in total. The zero-order valence-electron chi connectivity index (χ0n) is 9.29. The molecular formula is C11H16N4O. The summed E-state index contributed by atoms with van der Waals surface area (Å²) in [6.45, 7) is 4.14. The Morgan fingerprint density at radius 1 is 1.50 bits per heavy atom. The van der Waals surface area contributed by atoms with E-state index in [9.17, 15) is 0 Å². The molecule has 16 heavy (non-hydrogen) atoms. The molecule has 0 bridgehead atoms. The van der Waals surface area contributed by atoms with Crippen LogP contribution in [0.2, 0.25) is 0 Å². The Kier molecular flexibility index (Phi) is 3.26. The number of hydrogen-bond acceptors (Lipinski definition) is 4. The molecule has 1 heterocycles. The van der Waals surface area contributed by atoms with Gasteiger partial charge < -0.3 is 15.8 Å². The number of nitrogens with two attached hydrogens (primary N) is 1. The van der Waals surface area contributed by atoms with Crippen LogP contribution >= 0.6 is 0 Å². The number of nitrogen functional groups attached to an aromatic ring is 1. The monoisotopic (exact) mass is 220 g/mol. The van der Waals surface area contributed by atoms with Crippen molar-refractivity contribution in [1.82, 2.24) is 10.2 Å². The minimum atomic E-state index is 0.678. The second kappa shape index (κ2) is 4.85. The molecule has 0 atom stereocenters. The first-order valence-electron chi connectivity index (χ1n) is 5.35. The molecule has 86 valence electrons. The largest absolute Gasteiger partial charge is 0.397 e. The Labute approximate surface area is 94.0 Å². The van der Waals surface area contributed by atoms with E-state index < -0.39 is 0 Å². The maximum atomic E-state index is 5.92. The molecule has 1 aromatic carbocycles. The fourth-order valence-electron chi connectivity index (χ4n) is 1.56. The van der Waals surface area contributed by atoms with Crippen LogP contribution in [0.25, 0.3) is 10.9 Å². The predicted octanol–water partition coefficient (Wildman–Crippen LogP) is 1.59. The summed E-state index contributed by atoms with van der Waals surface area (Å²) >= 11 is 0. The lowest BCUT2D eigenvalue weighted by Crippen LogP contribution is -2.10. The number of aromatic amines is 1. The van der Waals surface area contributed by atoms with E-state index in [1.807, 2.05) is 19.1 Å². The third-order valence-corrected chi connectivity index (χ3v) is 2.38. The topological polar surface area (TPSA) is 76.0 Å². The van der Waals surface area contributed by atoms with Crippen LogP contribution in [0.1, 0.15) is 6.92 Å². The minimum absolute atomic E-state index is 0.678. The number of nitrogens with zero attached hydrogens (tertiary/aromatic N) is 1. The molecular weight excluding hydrogens is 204 g/mol. The second-order valence-electron chi connectivity index (χ2n) is 3.52. The van der Waals surface area contributed by atoms with Crippen LogP contribution in [0.4, 0.5) is 11.4 Å². The Hall–Kier alpha value is -1.75. The van der Waals surface area contributed by atoms with Crippen LogP contribution in [-0.2, 0) is 4.74 Å². The van der Waals surface area contributed by atoms with Crippen LogP contribution in [0.5, 0.6) is 0 Å². The molecule has 0 radical (unpaired) electrons. The van der Waals surface area contributed by atoms with E-state index in [2.05, 4.69) is 15.5 Å². The molecule has 2 aromatic rings. The van der Waals surface area contributed by atoms with Crippen LogP contribution < -0.4 is 11.1 Å². The van der Waals surface area contributed by atoms with Crippen LogP contribution in [0.3, 0.4) is 0 Å². The summed E-state index contributed by atoms with van der Waals surface area (Å²) in [4.78, 5) is 0. The van der Waals surface area contributed by atoms with Gasteiger partial charge in [0.15, 0.2) is 0 Å². The molecule has 0 aliphatic carbocycles. The maximum Gasteiger partial charge on any atom is 0.0672 e. The molecule has 2 rings (SSSR count). The van der Waals surface area contributed by atoms with Gasteiger partial charge in [-0.15, -0.1) is 0 Å². The Morgan fingerprint density at radius 3 is 3.19 bits per heavy atom. The standard InChI is InChI=1S/C11H16N4O/c1-2-16-4-3-13-11-6-10-8(5-9(11)12)7-14-15-10/h5-7,13H,2-4,12H2,1H3,(H,14,15). The van der Waals surface area contributed by atoms with Crippen molar-refractivity contribution >= 4 is 22.3 Å². The van der Waals surface area contributed by atoms with Crippen molar-refractivity contribution in [3.63, 3.8) is 0 Å². The van der Waals surface area contributed by atoms with Gasteiger partial charge in [-0.1, -0.05) is 0 Å². The lowest BCUT2D eigenvalue weighted by atomic mass is 10.2. The van der Waals surface area contributed by atoms with Gasteiger partial charge >= 0.3 is 0 Å². The number of benzene rings is 1. The van der Waals surface area contributed by atoms with Gasteiger partial charge in [0.05, 0.1) is 29.7 Å². The number of rotatable bonds is 5. The number of hydrogen-bond donors (Lipinski definition) is 3. The van der Waals surface area contributed by atoms with Crippen molar-refractivity contribution in [3.05, 3.63) is 18.3 Å². The highest BCUT2D eigenvalue weighted by molar-refractivity contribution is 5.88. The van der Waals surface area contributed by atoms with Gasteiger partial charge in [-0.3, -0.25) is 5.10 Å². The normalized spacial score (nSPS) is 10.8. The molecule has 1 aromatic heterocycles. The summed E-state index contributed by atoms with van der Waals surface area (Å²) in [5, 5.41) is 11.1. The quantitative estimate of drug-likeness (QED) is 0.528. The zero-order valence-corrected chi connectivity index (χ0v) is 9.29. The van der Waals surface area contributed by atoms with E-state index in [-0.39, 0.29) is 0 Å². The summed E-state index contributed by atoms with van der Waals surface area (Å²) in [5.41, 5.74) is 8.54. The van der Waals surface area contributed by atoms with E-state index in [4.69, 9.17) is 10.5 Å². The van der Waals surface area contributed by atoms with Gasteiger partial charge in [-0.25, -0.2) is 0 Å². The molecule has 0 unspecified atom stereocenters. The Morgan fingerprint density at radius 2 is 2.38 bits per heavy atom. The number of anilines is 2. The van der Waals surface area contributed by atoms with Gasteiger partial charge in [0.2, 0.25) is 0 Å². The smallest absolute Gasteiger partial charge is 0.0672 e. The van der Waals surface area contributed by atoms with Crippen molar-refractivity contribution in [1.29, 1.82) is 0 Å². The molecule has 0 aliphatic heterocycles. The molecule has 5 heteroatoms. The molecule has 0 amide bonds. The lowest BCUT2D eigenvalue weighted by molar-refractivity contribution is 0.158. The van der Waals surface area contributed by atoms with Gasteiger partial charge in [-0.05, 0) is 19.1 Å². The van der Waals surface area contributed by atoms with E-state index in [0.717, 1.165) is 35.4 Å². The van der Waals surface area contributed by atoms with Gasteiger partial charge in [-0.2, -0.15) is 5.10 Å². The highest BCUT2D eigenvalue weighted by Gasteiger charge is 2.02. The van der Waals surface area contributed by atoms with Crippen molar-refractivity contribution in [2.75, 3.05) is 30.8 Å². The summed E-state index contributed by atoms with van der Waals surface area (Å²) < 4.78 is 5.24. The van der Waals surface area contributed by atoms with Crippen molar-refractivity contribution in [3.8, 4) is 0 Å². The second-order valence-corrected chi connectivity index (χ2v) is 3.52. The summed E-state index contributed by atoms with van der Waals surface area (Å²) in [7, 11) is 0. The first-order valence-corrected chi connectivity index (χ1v) is 5.35. The fraction of sp³-hybridized carbons (Fsp3) is 0.364. The summed E-state index contributed by atoms with van der Waals surface area (Å²) in [6, 6.07) is 3.87. The molecule has 5 nitrogen and oxygen atoms in total. The third-order valence-electron chi connectivity index (χ3n) is 2.38. The average Bonchev–Trinajstić information content (AvgIpc) is 2.71. The van der Waals surface area contributed by atoms with E-state index >= 15 is 0 Å². The SMILES string of the molecule is CCOCCNc1cc2[nH]ncc2cc1N. The van der Waals surface area contributed by atoms with Gasteiger partial charge in [0.1, 0.15) is 0 Å². The zero-order chi connectivity index (χ0) is 11.4. The predicted molar refractivity (Wildman–Crippen MR) is 65.5 cm³/mol. The Balaban J connectivity index is 2.07. The third kappa shape index (κ3) is 2.25. The van der Waals surface area contributed by atoms with Crippen LogP contribution in [0, 0.1) is 0 Å². The summed E-state index contributed by atoms with van der Waals surface area (Å²) in [5.74, 6) is 0. The average molecular weight is 220 g/mol. The number of aromatic nitrogens is 2. The number of fused-ring (bicyclic) bond motifs is 1.